The number of benzene rings is 2. The Hall–Kier alpha value is -3.81. The molecule has 0 aliphatic rings. The van der Waals surface area contributed by atoms with E-state index < -0.39 is 6.10 Å². The topological polar surface area (TPSA) is 75.3 Å². The second-order valence-corrected chi connectivity index (χ2v) is 6.34. The van der Waals surface area contributed by atoms with Gasteiger partial charge in [0.1, 0.15) is 31.3 Å². The number of rotatable bonds is 13. The van der Waals surface area contributed by atoms with E-state index in [0.717, 1.165) is 0 Å². The minimum atomic E-state index is -0.839. The first kappa shape index (κ1) is 24.5. The fraction of sp³-hybridized carbons (Fsp3) is 0.320. The van der Waals surface area contributed by atoms with E-state index in [1.54, 1.807) is 42.5 Å². The van der Waals surface area contributed by atoms with Gasteiger partial charge in [-0.2, -0.15) is 0 Å². The molecular weight excluding hydrogens is 410 g/mol. The second-order valence-electron chi connectivity index (χ2n) is 6.34. The van der Waals surface area contributed by atoms with Crippen LogP contribution in [0.15, 0.2) is 42.5 Å². The summed E-state index contributed by atoms with van der Waals surface area (Å²) in [6.45, 7) is 3.12. The predicted octanol–water partition coefficient (Wildman–Crippen LogP) is 2.99. The lowest BCUT2D eigenvalue weighted by Gasteiger charge is -2.17. The highest BCUT2D eigenvalue weighted by atomic mass is 16.5. The summed E-state index contributed by atoms with van der Waals surface area (Å²) in [5, 5.41) is 2.80. The predicted molar refractivity (Wildman–Crippen MR) is 121 cm³/mol. The Labute approximate surface area is 189 Å². The van der Waals surface area contributed by atoms with Crippen molar-refractivity contribution in [3.05, 3.63) is 48.0 Å². The number of amides is 1. The van der Waals surface area contributed by atoms with Gasteiger partial charge in [0.2, 0.25) is 0 Å². The Kier molecular flexibility index (Phi) is 10.3. The molecule has 2 rings (SSSR count). The van der Waals surface area contributed by atoms with Crippen LogP contribution in [0.3, 0.4) is 0 Å². The van der Waals surface area contributed by atoms with Crippen LogP contribution in [0.1, 0.15) is 18.6 Å². The van der Waals surface area contributed by atoms with E-state index in [0.29, 0.717) is 35.2 Å². The molecule has 1 atom stereocenters. The van der Waals surface area contributed by atoms with Crippen LogP contribution in [-0.2, 0) is 9.53 Å². The summed E-state index contributed by atoms with van der Waals surface area (Å²) < 4.78 is 27.4. The quantitative estimate of drug-likeness (QED) is 0.384. The minimum Gasteiger partial charge on any atom is -0.494 e. The van der Waals surface area contributed by atoms with Crippen molar-refractivity contribution >= 4 is 5.91 Å². The molecule has 0 aliphatic carbocycles. The Morgan fingerprint density at radius 3 is 2.34 bits per heavy atom. The SMILES string of the molecule is C#CCOc1ccc(OCCNC(=O)C(OCC#C)c2ccc(OCC)cc2)cc1OC. The Balaban J connectivity index is 1.91. The maximum atomic E-state index is 12.7. The average molecular weight is 437 g/mol. The smallest absolute Gasteiger partial charge is 0.253 e. The van der Waals surface area contributed by atoms with Gasteiger partial charge in [-0.1, -0.05) is 24.0 Å². The molecule has 7 heteroatoms. The van der Waals surface area contributed by atoms with Crippen LogP contribution >= 0.6 is 0 Å². The highest BCUT2D eigenvalue weighted by Crippen LogP contribution is 2.31. The number of nitrogens with one attached hydrogen (secondary N) is 1. The van der Waals surface area contributed by atoms with E-state index in [1.807, 2.05) is 6.92 Å². The van der Waals surface area contributed by atoms with Gasteiger partial charge in [-0.3, -0.25) is 4.79 Å². The van der Waals surface area contributed by atoms with Crippen LogP contribution in [-0.4, -0.2) is 46.0 Å². The largest absolute Gasteiger partial charge is 0.494 e. The summed E-state index contributed by atoms with van der Waals surface area (Å²) in [4.78, 5) is 12.7. The molecule has 1 N–H and O–H groups in total. The van der Waals surface area contributed by atoms with Crippen molar-refractivity contribution in [2.75, 3.05) is 40.1 Å². The number of ether oxygens (including phenoxy) is 5. The average Bonchev–Trinajstić information content (AvgIpc) is 2.82. The van der Waals surface area contributed by atoms with Gasteiger partial charge in [0.15, 0.2) is 17.6 Å². The van der Waals surface area contributed by atoms with Crippen molar-refractivity contribution in [1.29, 1.82) is 0 Å². The zero-order valence-electron chi connectivity index (χ0n) is 18.3. The van der Waals surface area contributed by atoms with Crippen LogP contribution < -0.4 is 24.3 Å². The monoisotopic (exact) mass is 437 g/mol. The molecule has 0 saturated carbocycles. The van der Waals surface area contributed by atoms with Gasteiger partial charge in [-0.15, -0.1) is 12.8 Å². The van der Waals surface area contributed by atoms with Crippen molar-refractivity contribution in [2.24, 2.45) is 0 Å². The van der Waals surface area contributed by atoms with E-state index in [1.165, 1.54) is 7.11 Å². The third-order valence-electron chi connectivity index (χ3n) is 4.18. The third-order valence-corrected chi connectivity index (χ3v) is 4.18. The fourth-order valence-corrected chi connectivity index (χ4v) is 2.77. The standard InChI is InChI=1S/C25H27NO6/c1-5-15-31-22-13-12-21(18-23(22)28-4)30-17-14-26-25(27)24(32-16-6-2)19-8-10-20(11-9-19)29-7-3/h1-2,8-13,18,24H,7,14-17H2,3-4H3,(H,26,27). The molecule has 0 fully saturated rings. The summed E-state index contributed by atoms with van der Waals surface area (Å²) >= 11 is 0. The Morgan fingerprint density at radius 1 is 0.969 bits per heavy atom. The maximum absolute atomic E-state index is 12.7. The van der Waals surface area contributed by atoms with Crippen LogP contribution in [0.4, 0.5) is 0 Å². The number of methoxy groups -OCH3 is 1. The molecule has 0 saturated heterocycles. The molecule has 2 aromatic rings. The van der Waals surface area contributed by atoms with Crippen molar-refractivity contribution in [3.63, 3.8) is 0 Å². The first-order valence-corrected chi connectivity index (χ1v) is 10.1. The van der Waals surface area contributed by atoms with Crippen molar-refractivity contribution < 1.29 is 28.5 Å². The third kappa shape index (κ3) is 7.46. The molecule has 0 radical (unpaired) electrons. The van der Waals surface area contributed by atoms with E-state index in [9.17, 15) is 4.79 Å². The molecule has 32 heavy (non-hydrogen) atoms. The van der Waals surface area contributed by atoms with Crippen LogP contribution in [0.5, 0.6) is 23.0 Å². The first-order chi connectivity index (χ1) is 15.6. The van der Waals surface area contributed by atoms with Gasteiger partial charge >= 0.3 is 0 Å². The molecule has 0 aliphatic heterocycles. The number of hydrogen-bond acceptors (Lipinski definition) is 6. The van der Waals surface area contributed by atoms with Crippen molar-refractivity contribution in [1.82, 2.24) is 5.32 Å². The van der Waals surface area contributed by atoms with E-state index >= 15 is 0 Å². The summed E-state index contributed by atoms with van der Waals surface area (Å²) in [6, 6.07) is 12.2. The number of carbonyl (C=O) groups excluding carboxylic acids is 1. The maximum Gasteiger partial charge on any atom is 0.253 e. The molecule has 168 valence electrons. The lowest BCUT2D eigenvalue weighted by atomic mass is 10.1. The zero-order valence-corrected chi connectivity index (χ0v) is 18.3. The van der Waals surface area contributed by atoms with Crippen LogP contribution in [0.25, 0.3) is 0 Å². The number of terminal acetylenes is 2. The van der Waals surface area contributed by atoms with Crippen molar-refractivity contribution in [2.45, 2.75) is 13.0 Å². The normalized spacial score (nSPS) is 10.9. The highest BCUT2D eigenvalue weighted by molar-refractivity contribution is 5.82. The molecular formula is C25H27NO6. The summed E-state index contributed by atoms with van der Waals surface area (Å²) in [7, 11) is 1.53. The lowest BCUT2D eigenvalue weighted by Crippen LogP contribution is -2.34. The minimum absolute atomic E-state index is 0.00961. The molecule has 0 spiro atoms. The lowest BCUT2D eigenvalue weighted by molar-refractivity contribution is -0.132. The number of carbonyl (C=O) groups is 1. The van der Waals surface area contributed by atoms with E-state index in [2.05, 4.69) is 17.2 Å². The fourth-order valence-electron chi connectivity index (χ4n) is 2.77. The van der Waals surface area contributed by atoms with Crippen LogP contribution in [0.2, 0.25) is 0 Å². The van der Waals surface area contributed by atoms with E-state index in [4.69, 9.17) is 36.5 Å². The summed E-state index contributed by atoms with van der Waals surface area (Å²) in [5.41, 5.74) is 0.675. The van der Waals surface area contributed by atoms with Gasteiger partial charge in [0, 0.05) is 6.07 Å². The summed E-state index contributed by atoms with van der Waals surface area (Å²) in [6.07, 6.45) is 9.66. The molecule has 0 bridgehead atoms. The zero-order chi connectivity index (χ0) is 23.2. The molecule has 0 aromatic heterocycles. The van der Waals surface area contributed by atoms with Crippen molar-refractivity contribution in [3.8, 4) is 47.7 Å². The molecule has 2 aromatic carbocycles. The molecule has 1 amide bonds. The second kappa shape index (κ2) is 13.5. The highest BCUT2D eigenvalue weighted by Gasteiger charge is 2.21. The Bertz CT molecular complexity index is 942. The van der Waals surface area contributed by atoms with Gasteiger partial charge in [-0.05, 0) is 36.8 Å². The first-order valence-electron chi connectivity index (χ1n) is 10.1. The van der Waals surface area contributed by atoms with Gasteiger partial charge in [-0.25, -0.2) is 0 Å². The molecule has 1 unspecified atom stereocenters. The molecule has 0 heterocycles. The van der Waals surface area contributed by atoms with Gasteiger partial charge < -0.3 is 29.0 Å². The van der Waals surface area contributed by atoms with Gasteiger partial charge in [0.25, 0.3) is 5.91 Å². The van der Waals surface area contributed by atoms with E-state index in [-0.39, 0.29) is 32.3 Å². The molecule has 7 nitrogen and oxygen atoms in total. The summed E-state index contributed by atoms with van der Waals surface area (Å²) in [5.74, 6) is 6.77. The number of hydrogen-bond donors (Lipinski definition) is 1. The van der Waals surface area contributed by atoms with Crippen LogP contribution in [0, 0.1) is 24.7 Å². The Morgan fingerprint density at radius 2 is 1.69 bits per heavy atom. The van der Waals surface area contributed by atoms with Gasteiger partial charge in [0.05, 0.1) is 20.3 Å².